The fourth-order valence-electron chi connectivity index (χ4n) is 4.92. The first-order valence-electron chi connectivity index (χ1n) is 11.6. The van der Waals surface area contributed by atoms with E-state index in [1.807, 2.05) is 42.6 Å². The molecule has 9 nitrogen and oxygen atoms in total. The number of fused-ring (bicyclic) bond motifs is 5. The zero-order valence-electron chi connectivity index (χ0n) is 20.9. The van der Waals surface area contributed by atoms with Crippen molar-refractivity contribution >= 4 is 29.0 Å². The molecule has 5 rings (SSSR count). The fraction of sp³-hybridized carbons (Fsp3) is 0.207. The van der Waals surface area contributed by atoms with E-state index in [2.05, 4.69) is 30.3 Å². The molecular weight excluding hydrogens is 488 g/mol. The number of aromatic nitrogens is 1. The minimum atomic E-state index is -0.384. The highest BCUT2D eigenvalue weighted by atomic mass is 16.5. The van der Waals surface area contributed by atoms with Gasteiger partial charge in [0.1, 0.15) is 18.1 Å². The summed E-state index contributed by atoms with van der Waals surface area (Å²) in [5, 5.41) is 11.0. The monoisotopic (exact) mass is 514 g/mol. The van der Waals surface area contributed by atoms with Crippen LogP contribution < -0.4 is 4.74 Å². The molecular formula is C29H26N2O7. The SMILES string of the molecule is C=CCOc1ccccc1C(=O)C1=CN2CCc3c([nH]c4ccc(O)cc34)C2(C)C(C)=C1.O=C=O.O=C=O. The van der Waals surface area contributed by atoms with Crippen LogP contribution in [0.1, 0.15) is 35.5 Å². The van der Waals surface area contributed by atoms with E-state index in [1.54, 1.807) is 18.2 Å². The number of nitrogens with zero attached hydrogens (tertiary/aromatic N) is 1. The molecule has 9 heteroatoms. The molecule has 2 aliphatic rings. The molecule has 1 aromatic heterocycles. The molecule has 0 amide bonds. The van der Waals surface area contributed by atoms with Crippen LogP contribution in [0.4, 0.5) is 0 Å². The zero-order chi connectivity index (χ0) is 27.9. The van der Waals surface area contributed by atoms with Gasteiger partial charge in [0.05, 0.1) is 11.1 Å². The minimum Gasteiger partial charge on any atom is -0.508 e. The summed E-state index contributed by atoms with van der Waals surface area (Å²) in [5.74, 6) is 0.778. The highest BCUT2D eigenvalue weighted by Gasteiger charge is 2.43. The molecule has 194 valence electrons. The number of phenolic OH excluding ortho intramolecular Hbond substituents is 1. The number of rotatable bonds is 5. The highest BCUT2D eigenvalue weighted by Crippen LogP contribution is 2.46. The van der Waals surface area contributed by atoms with Gasteiger partial charge in [-0.1, -0.05) is 24.8 Å². The number of allylic oxidation sites excluding steroid dienone is 2. The van der Waals surface area contributed by atoms with Crippen molar-refractivity contribution in [2.75, 3.05) is 13.2 Å². The van der Waals surface area contributed by atoms with Gasteiger partial charge in [-0.2, -0.15) is 19.2 Å². The molecule has 0 bridgehead atoms. The van der Waals surface area contributed by atoms with E-state index in [1.165, 1.54) is 5.56 Å². The van der Waals surface area contributed by atoms with Crippen LogP contribution >= 0.6 is 0 Å². The van der Waals surface area contributed by atoms with Crippen molar-refractivity contribution in [1.29, 1.82) is 0 Å². The average molecular weight is 515 g/mol. The third-order valence-electron chi connectivity index (χ3n) is 6.74. The smallest absolute Gasteiger partial charge is 0.373 e. The molecule has 1 unspecified atom stereocenters. The van der Waals surface area contributed by atoms with Crippen molar-refractivity contribution in [3.8, 4) is 11.5 Å². The summed E-state index contributed by atoms with van der Waals surface area (Å²) in [5.41, 5.74) is 5.26. The van der Waals surface area contributed by atoms with Crippen molar-refractivity contribution in [3.05, 3.63) is 95.4 Å². The van der Waals surface area contributed by atoms with Gasteiger partial charge in [-0.25, -0.2) is 0 Å². The van der Waals surface area contributed by atoms with Gasteiger partial charge in [-0.3, -0.25) is 4.79 Å². The number of aromatic hydroxyl groups is 1. The number of carbonyl (C=O) groups is 1. The molecule has 0 fully saturated rings. The average Bonchev–Trinajstić information content (AvgIpc) is 3.28. The second-order valence-corrected chi connectivity index (χ2v) is 8.73. The van der Waals surface area contributed by atoms with Gasteiger partial charge < -0.3 is 19.7 Å². The summed E-state index contributed by atoms with van der Waals surface area (Å²) in [6.45, 7) is 9.08. The molecule has 3 heterocycles. The van der Waals surface area contributed by atoms with E-state index in [0.29, 0.717) is 23.5 Å². The van der Waals surface area contributed by atoms with Crippen molar-refractivity contribution in [1.82, 2.24) is 9.88 Å². The molecule has 2 aliphatic heterocycles. The topological polar surface area (TPSA) is 134 Å². The maximum absolute atomic E-state index is 13.5. The van der Waals surface area contributed by atoms with Crippen LogP contribution in [0.5, 0.6) is 11.5 Å². The number of Topliss-reactive ketones (excluding diaryl/α,β-unsaturated/α-hetero) is 1. The molecule has 2 aromatic carbocycles. The van der Waals surface area contributed by atoms with Crippen LogP contribution in [0.25, 0.3) is 10.9 Å². The van der Waals surface area contributed by atoms with Crippen molar-refractivity contribution in [2.24, 2.45) is 0 Å². The molecule has 2 N–H and O–H groups in total. The first kappa shape index (κ1) is 27.6. The summed E-state index contributed by atoms with van der Waals surface area (Å²) in [6.07, 6.45) is 6.97. The maximum atomic E-state index is 13.5. The number of hydrogen-bond acceptors (Lipinski definition) is 8. The fourth-order valence-corrected chi connectivity index (χ4v) is 4.92. The second kappa shape index (κ2) is 11.8. The summed E-state index contributed by atoms with van der Waals surface area (Å²) in [4.78, 5) is 51.8. The molecule has 38 heavy (non-hydrogen) atoms. The molecule has 3 aromatic rings. The number of para-hydroxylation sites is 1. The van der Waals surface area contributed by atoms with Crippen LogP contribution in [-0.4, -0.2) is 46.2 Å². The third kappa shape index (κ3) is 5.11. The van der Waals surface area contributed by atoms with Crippen molar-refractivity contribution < 1.29 is 33.8 Å². The van der Waals surface area contributed by atoms with E-state index < -0.39 is 0 Å². The Morgan fingerprint density at radius 3 is 2.55 bits per heavy atom. The van der Waals surface area contributed by atoms with Crippen molar-refractivity contribution in [3.63, 3.8) is 0 Å². The van der Waals surface area contributed by atoms with E-state index in [4.69, 9.17) is 23.9 Å². The Morgan fingerprint density at radius 2 is 1.87 bits per heavy atom. The highest BCUT2D eigenvalue weighted by molar-refractivity contribution is 6.12. The predicted octanol–water partition coefficient (Wildman–Crippen LogP) is 4.07. The number of nitrogens with one attached hydrogen (secondary N) is 1. The molecule has 0 aliphatic carbocycles. The predicted molar refractivity (Wildman–Crippen MR) is 136 cm³/mol. The molecule has 0 radical (unpaired) electrons. The van der Waals surface area contributed by atoms with Crippen LogP contribution in [0.3, 0.4) is 0 Å². The van der Waals surface area contributed by atoms with Crippen LogP contribution in [0, 0.1) is 0 Å². The summed E-state index contributed by atoms with van der Waals surface area (Å²) in [7, 11) is 0. The van der Waals surface area contributed by atoms with Gasteiger partial charge in [0.25, 0.3) is 0 Å². The lowest BCUT2D eigenvalue weighted by molar-refractivity contribution is -0.193. The van der Waals surface area contributed by atoms with Crippen LogP contribution in [-0.2, 0) is 31.1 Å². The lowest BCUT2D eigenvalue weighted by atomic mass is 9.78. The van der Waals surface area contributed by atoms with Gasteiger partial charge >= 0.3 is 12.3 Å². The quantitative estimate of drug-likeness (QED) is 0.384. The molecule has 0 saturated heterocycles. The zero-order valence-corrected chi connectivity index (χ0v) is 20.9. The minimum absolute atomic E-state index is 0.0570. The third-order valence-corrected chi connectivity index (χ3v) is 6.74. The lowest BCUT2D eigenvalue weighted by Gasteiger charge is -2.47. The molecule has 0 spiro atoms. The molecule has 1 atom stereocenters. The number of phenols is 1. The second-order valence-electron chi connectivity index (χ2n) is 8.73. The van der Waals surface area contributed by atoms with Gasteiger partial charge in [0.15, 0.2) is 5.78 Å². The number of hydrogen-bond donors (Lipinski definition) is 2. The number of aromatic amines is 1. The van der Waals surface area contributed by atoms with E-state index in [9.17, 15) is 9.90 Å². The van der Waals surface area contributed by atoms with Gasteiger partial charge in [-0.05, 0) is 67.8 Å². The number of benzene rings is 2. The number of ether oxygens (including phenoxy) is 1. The van der Waals surface area contributed by atoms with E-state index >= 15 is 0 Å². The number of H-pyrrole nitrogens is 1. The summed E-state index contributed by atoms with van der Waals surface area (Å²) < 4.78 is 5.72. The van der Waals surface area contributed by atoms with E-state index in [0.717, 1.165) is 35.1 Å². The lowest BCUT2D eigenvalue weighted by Crippen LogP contribution is -2.48. The maximum Gasteiger partial charge on any atom is 0.373 e. The Morgan fingerprint density at radius 1 is 1.18 bits per heavy atom. The Bertz CT molecular complexity index is 1490. The standard InChI is InChI=1S/C27H26N2O3.2CO2/c1-4-13-32-24-8-6-5-7-21(24)25(31)18-14-17(2)27(3)26-20(11-12-29(27)16-18)22-15-19(30)9-10-23(22)28-26;2*2-1-3/h4-10,14-16,28,30H,1,11-13H2,2-3H3;;. The van der Waals surface area contributed by atoms with Gasteiger partial charge in [0, 0.05) is 34.9 Å². The van der Waals surface area contributed by atoms with Crippen LogP contribution in [0.15, 0.2) is 78.5 Å². The number of carbonyl (C=O) groups excluding carboxylic acids is 5. The van der Waals surface area contributed by atoms with Gasteiger partial charge in [-0.15, -0.1) is 0 Å². The Hall–Kier alpha value is -4.97. The number of ketones is 1. The summed E-state index contributed by atoms with van der Waals surface area (Å²) in [6, 6.07) is 12.8. The largest absolute Gasteiger partial charge is 0.508 e. The Labute approximate surface area is 218 Å². The van der Waals surface area contributed by atoms with Gasteiger partial charge in [0.2, 0.25) is 0 Å². The van der Waals surface area contributed by atoms with Crippen LogP contribution in [0.2, 0.25) is 0 Å². The van der Waals surface area contributed by atoms with Crippen molar-refractivity contribution in [2.45, 2.75) is 25.8 Å². The van der Waals surface area contributed by atoms with E-state index in [-0.39, 0.29) is 29.4 Å². The normalized spacial score (nSPS) is 16.9. The Kier molecular flexibility index (Phi) is 8.61. The molecule has 0 saturated carbocycles. The summed E-state index contributed by atoms with van der Waals surface area (Å²) >= 11 is 0. The first-order valence-corrected chi connectivity index (χ1v) is 11.6. The first-order chi connectivity index (χ1) is 18.3. The Balaban J connectivity index is 0.000000611.